The van der Waals surface area contributed by atoms with E-state index in [0.717, 1.165) is 12.4 Å². The smallest absolute Gasteiger partial charge is 0.143 e. The molecule has 0 bridgehead atoms. The minimum atomic E-state index is 0.628. The van der Waals surface area contributed by atoms with Gasteiger partial charge in [0.05, 0.1) is 4.70 Å². The van der Waals surface area contributed by atoms with Crippen molar-refractivity contribution in [3.63, 3.8) is 0 Å². The first-order valence-corrected chi connectivity index (χ1v) is 5.06. The zero-order valence-corrected chi connectivity index (χ0v) is 7.97. The molecule has 68 valence electrons. The zero-order valence-electron chi connectivity index (χ0n) is 7.16. The van der Waals surface area contributed by atoms with E-state index in [0.29, 0.717) is 6.54 Å². The van der Waals surface area contributed by atoms with Crippen molar-refractivity contribution in [2.45, 2.75) is 0 Å². The van der Waals surface area contributed by atoms with Gasteiger partial charge in [0.15, 0.2) is 0 Å². The molecule has 0 saturated heterocycles. The van der Waals surface area contributed by atoms with Gasteiger partial charge in [-0.1, -0.05) is 0 Å². The Morgan fingerprint density at radius 3 is 3.23 bits per heavy atom. The van der Waals surface area contributed by atoms with Crippen molar-refractivity contribution in [3.05, 3.63) is 23.7 Å². The molecule has 2 heterocycles. The Morgan fingerprint density at radius 1 is 1.46 bits per heavy atom. The Kier molecular flexibility index (Phi) is 2.42. The van der Waals surface area contributed by atoms with E-state index >= 15 is 0 Å². The van der Waals surface area contributed by atoms with Crippen LogP contribution in [0.15, 0.2) is 23.7 Å². The molecule has 0 fully saturated rings. The molecule has 0 aliphatic rings. The number of rotatable bonds is 3. The van der Waals surface area contributed by atoms with Crippen molar-refractivity contribution in [3.8, 4) is 0 Å². The Hall–Kier alpha value is -1.13. The summed E-state index contributed by atoms with van der Waals surface area (Å²) in [5.74, 6) is 0.943. The molecule has 3 nitrogen and oxygen atoms in total. The van der Waals surface area contributed by atoms with Crippen molar-refractivity contribution < 1.29 is 0 Å². The summed E-state index contributed by atoms with van der Waals surface area (Å²) < 4.78 is 1.20. The molecule has 2 aromatic rings. The molecule has 0 radical (unpaired) electrons. The van der Waals surface area contributed by atoms with Crippen LogP contribution < -0.4 is 11.1 Å². The summed E-state index contributed by atoms with van der Waals surface area (Å²) in [5.41, 5.74) is 5.41. The summed E-state index contributed by atoms with van der Waals surface area (Å²) >= 11 is 1.70. The standard InChI is InChI=1S/C9H11N3S/c10-3-5-12-9-8-7(1-4-11-9)2-6-13-8/h1-2,4,6H,3,5,10H2,(H,11,12). The van der Waals surface area contributed by atoms with Gasteiger partial charge in [0, 0.05) is 19.3 Å². The molecule has 0 aromatic carbocycles. The summed E-state index contributed by atoms with van der Waals surface area (Å²) in [6, 6.07) is 4.11. The first kappa shape index (κ1) is 8.47. The molecular weight excluding hydrogens is 182 g/mol. The summed E-state index contributed by atoms with van der Waals surface area (Å²) in [6.07, 6.45) is 1.81. The number of hydrogen-bond acceptors (Lipinski definition) is 4. The summed E-state index contributed by atoms with van der Waals surface area (Å²) in [4.78, 5) is 4.26. The molecule has 0 amide bonds. The van der Waals surface area contributed by atoms with Crippen LogP contribution in [0.2, 0.25) is 0 Å². The Morgan fingerprint density at radius 2 is 2.38 bits per heavy atom. The molecule has 0 spiro atoms. The van der Waals surface area contributed by atoms with Crippen LogP contribution in [0.3, 0.4) is 0 Å². The third kappa shape index (κ3) is 1.64. The van der Waals surface area contributed by atoms with E-state index < -0.39 is 0 Å². The van der Waals surface area contributed by atoms with Crippen LogP contribution in [-0.4, -0.2) is 18.1 Å². The first-order valence-electron chi connectivity index (χ1n) is 4.18. The third-order valence-electron chi connectivity index (χ3n) is 1.81. The van der Waals surface area contributed by atoms with E-state index in [2.05, 4.69) is 21.7 Å². The van der Waals surface area contributed by atoms with Crippen molar-refractivity contribution in [1.82, 2.24) is 4.98 Å². The van der Waals surface area contributed by atoms with Crippen LogP contribution in [-0.2, 0) is 0 Å². The van der Waals surface area contributed by atoms with Crippen LogP contribution in [0.25, 0.3) is 10.1 Å². The lowest BCUT2D eigenvalue weighted by atomic mass is 10.3. The fourth-order valence-electron chi connectivity index (χ4n) is 1.21. The molecular formula is C9H11N3S. The van der Waals surface area contributed by atoms with Crippen molar-refractivity contribution in [2.24, 2.45) is 5.73 Å². The lowest BCUT2D eigenvalue weighted by molar-refractivity contribution is 1.02. The fourth-order valence-corrected chi connectivity index (χ4v) is 2.07. The highest BCUT2D eigenvalue weighted by Crippen LogP contribution is 2.25. The molecule has 3 N–H and O–H groups in total. The highest BCUT2D eigenvalue weighted by atomic mass is 32.1. The summed E-state index contributed by atoms with van der Waals surface area (Å²) in [6.45, 7) is 1.40. The second-order valence-electron chi connectivity index (χ2n) is 2.71. The van der Waals surface area contributed by atoms with E-state index in [4.69, 9.17) is 5.73 Å². The van der Waals surface area contributed by atoms with Gasteiger partial charge < -0.3 is 11.1 Å². The molecule has 0 aliphatic heterocycles. The lowest BCUT2D eigenvalue weighted by Gasteiger charge is -2.03. The van der Waals surface area contributed by atoms with Gasteiger partial charge in [-0.25, -0.2) is 4.98 Å². The molecule has 2 rings (SSSR count). The van der Waals surface area contributed by atoms with Gasteiger partial charge >= 0.3 is 0 Å². The van der Waals surface area contributed by atoms with Gasteiger partial charge in [-0.3, -0.25) is 0 Å². The highest BCUT2D eigenvalue weighted by molar-refractivity contribution is 7.17. The van der Waals surface area contributed by atoms with E-state index in [-0.39, 0.29) is 0 Å². The lowest BCUT2D eigenvalue weighted by Crippen LogP contribution is -2.13. The monoisotopic (exact) mass is 193 g/mol. The first-order chi connectivity index (χ1) is 6.42. The van der Waals surface area contributed by atoms with Crippen molar-refractivity contribution in [1.29, 1.82) is 0 Å². The molecule has 2 aromatic heterocycles. The quantitative estimate of drug-likeness (QED) is 0.779. The Labute approximate surface area is 80.6 Å². The van der Waals surface area contributed by atoms with Gasteiger partial charge in [-0.2, -0.15) is 0 Å². The van der Waals surface area contributed by atoms with Gasteiger partial charge in [-0.15, -0.1) is 11.3 Å². The van der Waals surface area contributed by atoms with E-state index in [1.54, 1.807) is 11.3 Å². The zero-order chi connectivity index (χ0) is 9.10. The Balaban J connectivity index is 2.37. The molecule has 0 atom stereocenters. The van der Waals surface area contributed by atoms with Crippen molar-refractivity contribution >= 4 is 27.2 Å². The maximum absolute atomic E-state index is 5.41. The summed E-state index contributed by atoms with van der Waals surface area (Å²) in [7, 11) is 0. The van der Waals surface area contributed by atoms with Gasteiger partial charge in [-0.05, 0) is 22.9 Å². The normalized spacial score (nSPS) is 10.5. The third-order valence-corrected chi connectivity index (χ3v) is 2.74. The van der Waals surface area contributed by atoms with Crippen LogP contribution in [0.5, 0.6) is 0 Å². The van der Waals surface area contributed by atoms with Crippen molar-refractivity contribution in [2.75, 3.05) is 18.4 Å². The number of aromatic nitrogens is 1. The van der Waals surface area contributed by atoms with E-state index in [1.165, 1.54) is 10.1 Å². The minimum Gasteiger partial charge on any atom is -0.368 e. The largest absolute Gasteiger partial charge is 0.368 e. The van der Waals surface area contributed by atoms with Gasteiger partial charge in [0.25, 0.3) is 0 Å². The average molecular weight is 193 g/mol. The van der Waals surface area contributed by atoms with Crippen LogP contribution in [0.1, 0.15) is 0 Å². The molecule has 13 heavy (non-hydrogen) atoms. The second-order valence-corrected chi connectivity index (χ2v) is 3.63. The van der Waals surface area contributed by atoms with Crippen LogP contribution in [0.4, 0.5) is 5.82 Å². The molecule has 4 heteroatoms. The van der Waals surface area contributed by atoms with Crippen LogP contribution in [0, 0.1) is 0 Å². The van der Waals surface area contributed by atoms with E-state index in [9.17, 15) is 0 Å². The number of nitrogens with two attached hydrogens (primary N) is 1. The van der Waals surface area contributed by atoms with Crippen LogP contribution >= 0.6 is 11.3 Å². The SMILES string of the molecule is NCCNc1nccc2ccsc12. The second kappa shape index (κ2) is 3.72. The maximum atomic E-state index is 5.41. The molecule has 0 unspecified atom stereocenters. The highest BCUT2D eigenvalue weighted by Gasteiger charge is 2.01. The number of pyridine rings is 1. The predicted octanol–water partition coefficient (Wildman–Crippen LogP) is 1.67. The Bertz CT molecular complexity index is 396. The average Bonchev–Trinajstić information content (AvgIpc) is 2.62. The number of nitrogens with one attached hydrogen (secondary N) is 1. The minimum absolute atomic E-state index is 0.628. The number of fused-ring (bicyclic) bond motifs is 1. The van der Waals surface area contributed by atoms with Gasteiger partial charge in [0.1, 0.15) is 5.82 Å². The molecule has 0 aliphatic carbocycles. The summed E-state index contributed by atoms with van der Waals surface area (Å²) in [5, 5.41) is 6.50. The number of anilines is 1. The maximum Gasteiger partial charge on any atom is 0.143 e. The topological polar surface area (TPSA) is 50.9 Å². The number of nitrogens with zero attached hydrogens (tertiary/aromatic N) is 1. The predicted molar refractivity (Wildman–Crippen MR) is 57.2 cm³/mol. The number of thiophene rings is 1. The van der Waals surface area contributed by atoms with Gasteiger partial charge in [0.2, 0.25) is 0 Å². The van der Waals surface area contributed by atoms with E-state index in [1.807, 2.05) is 12.3 Å². The molecule has 0 saturated carbocycles. The fraction of sp³-hybridized carbons (Fsp3) is 0.222. The number of hydrogen-bond donors (Lipinski definition) is 2.